The van der Waals surface area contributed by atoms with Gasteiger partial charge >= 0.3 is 0 Å². The number of rotatable bonds is 3. The summed E-state index contributed by atoms with van der Waals surface area (Å²) in [5.41, 5.74) is 4.45. The van der Waals surface area contributed by atoms with Crippen molar-refractivity contribution in [3.63, 3.8) is 0 Å². The van der Waals surface area contributed by atoms with Crippen molar-refractivity contribution in [3.05, 3.63) is 28.8 Å². The number of hydrogen-bond donors (Lipinski definition) is 1. The predicted molar refractivity (Wildman–Crippen MR) is 71.9 cm³/mol. The molecule has 6 nitrogen and oxygen atoms in total. The van der Waals surface area contributed by atoms with Gasteiger partial charge in [0.05, 0.1) is 48.6 Å². The van der Waals surface area contributed by atoms with Crippen LogP contribution in [0.25, 0.3) is 0 Å². The van der Waals surface area contributed by atoms with E-state index in [0.717, 1.165) is 36.8 Å². The van der Waals surface area contributed by atoms with E-state index in [0.29, 0.717) is 6.61 Å². The molecule has 0 spiro atoms. The standard InChI is InChI=1S/C12H17N5OS/c1-8-12(9(2)15-14-8)11-7-18-4-3-17(11)6-10-5-13-19-16-10/h5,11H,3-4,6-7H2,1-2H3,(H,14,15). The van der Waals surface area contributed by atoms with Crippen LogP contribution in [0.5, 0.6) is 0 Å². The van der Waals surface area contributed by atoms with Gasteiger partial charge in [0.1, 0.15) is 0 Å². The molecule has 0 amide bonds. The number of aromatic nitrogens is 4. The maximum Gasteiger partial charge on any atom is 0.0883 e. The minimum Gasteiger partial charge on any atom is -0.378 e. The van der Waals surface area contributed by atoms with Crippen LogP contribution in [0, 0.1) is 13.8 Å². The van der Waals surface area contributed by atoms with Gasteiger partial charge in [-0.1, -0.05) is 0 Å². The van der Waals surface area contributed by atoms with Gasteiger partial charge in [-0.2, -0.15) is 13.8 Å². The number of ether oxygens (including phenoxy) is 1. The van der Waals surface area contributed by atoms with Gasteiger partial charge in [0.2, 0.25) is 0 Å². The fourth-order valence-electron chi connectivity index (χ4n) is 2.61. The Balaban J connectivity index is 1.85. The molecule has 1 aliphatic heterocycles. The Hall–Kier alpha value is -1.31. The number of aryl methyl sites for hydroxylation is 2. The fourth-order valence-corrected chi connectivity index (χ4v) is 3.03. The van der Waals surface area contributed by atoms with E-state index in [1.807, 2.05) is 13.1 Å². The Labute approximate surface area is 116 Å². The molecule has 0 aliphatic carbocycles. The van der Waals surface area contributed by atoms with E-state index in [-0.39, 0.29) is 6.04 Å². The molecular weight excluding hydrogens is 262 g/mol. The number of hydrogen-bond acceptors (Lipinski definition) is 6. The van der Waals surface area contributed by atoms with Gasteiger partial charge < -0.3 is 4.74 Å². The van der Waals surface area contributed by atoms with Crippen molar-refractivity contribution in [1.82, 2.24) is 23.8 Å². The molecule has 2 aromatic heterocycles. The van der Waals surface area contributed by atoms with E-state index >= 15 is 0 Å². The van der Waals surface area contributed by atoms with Crippen LogP contribution in [0.4, 0.5) is 0 Å². The molecule has 3 rings (SSSR count). The quantitative estimate of drug-likeness (QED) is 0.921. The molecule has 3 heterocycles. The van der Waals surface area contributed by atoms with E-state index in [4.69, 9.17) is 4.74 Å². The molecule has 0 radical (unpaired) electrons. The van der Waals surface area contributed by atoms with Crippen LogP contribution in [-0.2, 0) is 11.3 Å². The summed E-state index contributed by atoms with van der Waals surface area (Å²) in [6.07, 6.45) is 1.84. The highest BCUT2D eigenvalue weighted by Crippen LogP contribution is 2.29. The summed E-state index contributed by atoms with van der Waals surface area (Å²) in [6, 6.07) is 0.245. The topological polar surface area (TPSA) is 66.9 Å². The Morgan fingerprint density at radius 1 is 1.53 bits per heavy atom. The van der Waals surface area contributed by atoms with Crippen LogP contribution >= 0.6 is 11.7 Å². The molecule has 7 heteroatoms. The van der Waals surface area contributed by atoms with E-state index in [1.54, 1.807) is 0 Å². The van der Waals surface area contributed by atoms with E-state index in [1.165, 1.54) is 17.3 Å². The first kappa shape index (κ1) is 12.7. The molecule has 102 valence electrons. The van der Waals surface area contributed by atoms with Crippen molar-refractivity contribution in [2.45, 2.75) is 26.4 Å². The van der Waals surface area contributed by atoms with Gasteiger partial charge in [-0.25, -0.2) is 0 Å². The predicted octanol–water partition coefficient (Wildman–Crippen LogP) is 1.45. The van der Waals surface area contributed by atoms with Crippen molar-refractivity contribution in [2.24, 2.45) is 0 Å². The lowest BCUT2D eigenvalue weighted by Crippen LogP contribution is -2.39. The van der Waals surface area contributed by atoms with Gasteiger partial charge in [-0.05, 0) is 13.8 Å². The SMILES string of the molecule is Cc1n[nH]c(C)c1C1COCCN1Cc1cnsn1. The van der Waals surface area contributed by atoms with Crippen molar-refractivity contribution in [1.29, 1.82) is 0 Å². The van der Waals surface area contributed by atoms with Crippen LogP contribution in [-0.4, -0.2) is 43.6 Å². The highest BCUT2D eigenvalue weighted by Gasteiger charge is 2.28. The maximum absolute atomic E-state index is 5.65. The van der Waals surface area contributed by atoms with E-state index in [9.17, 15) is 0 Å². The summed E-state index contributed by atoms with van der Waals surface area (Å²) < 4.78 is 14.0. The Morgan fingerprint density at radius 2 is 2.42 bits per heavy atom. The third-order valence-electron chi connectivity index (χ3n) is 3.53. The van der Waals surface area contributed by atoms with Crippen LogP contribution in [0.2, 0.25) is 0 Å². The summed E-state index contributed by atoms with van der Waals surface area (Å²) in [6.45, 7) is 7.30. The second-order valence-corrected chi connectivity index (χ2v) is 5.36. The zero-order valence-electron chi connectivity index (χ0n) is 11.1. The molecule has 19 heavy (non-hydrogen) atoms. The Morgan fingerprint density at radius 3 is 3.11 bits per heavy atom. The average molecular weight is 279 g/mol. The Bertz CT molecular complexity index is 519. The summed E-state index contributed by atoms with van der Waals surface area (Å²) in [7, 11) is 0. The lowest BCUT2D eigenvalue weighted by molar-refractivity contribution is -0.0136. The first-order chi connectivity index (χ1) is 9.25. The van der Waals surface area contributed by atoms with Crippen LogP contribution in [0.3, 0.4) is 0 Å². The van der Waals surface area contributed by atoms with E-state index < -0.39 is 0 Å². The minimum atomic E-state index is 0.245. The molecule has 1 saturated heterocycles. The molecule has 0 saturated carbocycles. The molecule has 2 aromatic rings. The van der Waals surface area contributed by atoms with E-state index in [2.05, 4.69) is 30.8 Å². The Kier molecular flexibility index (Phi) is 3.58. The number of nitrogens with one attached hydrogen (secondary N) is 1. The summed E-state index contributed by atoms with van der Waals surface area (Å²) in [4.78, 5) is 2.39. The van der Waals surface area contributed by atoms with Crippen molar-refractivity contribution in [3.8, 4) is 0 Å². The van der Waals surface area contributed by atoms with Crippen molar-refractivity contribution in [2.75, 3.05) is 19.8 Å². The lowest BCUT2D eigenvalue weighted by atomic mass is 10.0. The van der Waals surface area contributed by atoms with Gasteiger partial charge in [-0.15, -0.1) is 0 Å². The normalized spacial score (nSPS) is 20.8. The van der Waals surface area contributed by atoms with Gasteiger partial charge in [0, 0.05) is 24.3 Å². The zero-order valence-corrected chi connectivity index (χ0v) is 11.9. The molecule has 0 aromatic carbocycles. The number of aromatic amines is 1. The van der Waals surface area contributed by atoms with Crippen LogP contribution in [0.1, 0.15) is 28.7 Å². The monoisotopic (exact) mass is 279 g/mol. The van der Waals surface area contributed by atoms with Gasteiger partial charge in [0.25, 0.3) is 0 Å². The molecule has 1 fully saturated rings. The third kappa shape index (κ3) is 2.54. The number of morpholine rings is 1. The summed E-state index contributed by atoms with van der Waals surface area (Å²) >= 11 is 1.26. The highest BCUT2D eigenvalue weighted by molar-refractivity contribution is 6.99. The first-order valence-corrected chi connectivity index (χ1v) is 7.08. The van der Waals surface area contributed by atoms with Crippen LogP contribution < -0.4 is 0 Å². The largest absolute Gasteiger partial charge is 0.378 e. The number of nitrogens with zero attached hydrogens (tertiary/aromatic N) is 4. The first-order valence-electron chi connectivity index (χ1n) is 6.35. The second kappa shape index (κ2) is 5.36. The molecular formula is C12H17N5OS. The van der Waals surface area contributed by atoms with Crippen LogP contribution in [0.15, 0.2) is 6.20 Å². The third-order valence-corrected chi connectivity index (χ3v) is 4.05. The molecule has 0 bridgehead atoms. The second-order valence-electron chi connectivity index (χ2n) is 4.81. The van der Waals surface area contributed by atoms with Crippen molar-refractivity contribution >= 4 is 11.7 Å². The number of H-pyrrole nitrogens is 1. The molecule has 1 unspecified atom stereocenters. The fraction of sp³-hybridized carbons (Fsp3) is 0.583. The zero-order chi connectivity index (χ0) is 13.2. The highest BCUT2D eigenvalue weighted by atomic mass is 32.1. The smallest absolute Gasteiger partial charge is 0.0883 e. The van der Waals surface area contributed by atoms with Crippen molar-refractivity contribution < 1.29 is 4.74 Å². The lowest BCUT2D eigenvalue weighted by Gasteiger charge is -2.35. The van der Waals surface area contributed by atoms with Gasteiger partial charge in [-0.3, -0.25) is 10.00 Å². The van der Waals surface area contributed by atoms with Gasteiger partial charge in [0.15, 0.2) is 0 Å². The maximum atomic E-state index is 5.65. The summed E-state index contributed by atoms with van der Waals surface area (Å²) in [5, 5.41) is 7.35. The average Bonchev–Trinajstić information content (AvgIpc) is 3.02. The molecule has 1 atom stereocenters. The minimum absolute atomic E-state index is 0.245. The molecule has 1 aliphatic rings. The summed E-state index contributed by atoms with van der Waals surface area (Å²) in [5.74, 6) is 0. The molecule has 1 N–H and O–H groups in total.